The van der Waals surface area contributed by atoms with Gasteiger partial charge in [0, 0.05) is 14.9 Å². The lowest BCUT2D eigenvalue weighted by molar-refractivity contribution is 0.894. The molecule has 0 bridgehead atoms. The SMILES string of the molecule is Cl.N[C@@H](c1cc(Cl)cc(Cl)c1)c1cccs1. The van der Waals surface area contributed by atoms with Gasteiger partial charge < -0.3 is 5.73 Å². The van der Waals surface area contributed by atoms with Crippen LogP contribution >= 0.6 is 46.9 Å². The van der Waals surface area contributed by atoms with Crippen LogP contribution in [0.1, 0.15) is 16.5 Å². The van der Waals surface area contributed by atoms with Gasteiger partial charge in [-0.25, -0.2) is 0 Å². The normalized spacial score (nSPS) is 11.9. The molecule has 1 aromatic heterocycles. The molecule has 5 heteroatoms. The van der Waals surface area contributed by atoms with Gasteiger partial charge in [0.15, 0.2) is 0 Å². The van der Waals surface area contributed by atoms with Crippen molar-refractivity contribution < 1.29 is 0 Å². The number of halogens is 3. The van der Waals surface area contributed by atoms with E-state index in [9.17, 15) is 0 Å². The first-order valence-corrected chi connectivity index (χ1v) is 6.05. The molecule has 1 atom stereocenters. The molecule has 0 aliphatic carbocycles. The first kappa shape index (κ1) is 13.8. The van der Waals surface area contributed by atoms with Gasteiger partial charge in [-0.15, -0.1) is 23.7 Å². The van der Waals surface area contributed by atoms with Gasteiger partial charge in [0.1, 0.15) is 0 Å². The summed E-state index contributed by atoms with van der Waals surface area (Å²) in [6.07, 6.45) is 0. The van der Waals surface area contributed by atoms with Crippen molar-refractivity contribution in [3.8, 4) is 0 Å². The minimum atomic E-state index is -0.152. The third-order valence-corrected chi connectivity index (χ3v) is 3.49. The number of hydrogen-bond donors (Lipinski definition) is 1. The highest BCUT2D eigenvalue weighted by molar-refractivity contribution is 7.10. The van der Waals surface area contributed by atoms with Crippen LogP contribution in [-0.4, -0.2) is 0 Å². The number of nitrogens with two attached hydrogens (primary N) is 1. The predicted octanol–water partition coefficient (Wildman–Crippen LogP) is 4.52. The molecule has 0 radical (unpaired) electrons. The Morgan fingerprint density at radius 2 is 1.75 bits per heavy atom. The second-order valence-electron chi connectivity index (χ2n) is 3.20. The molecule has 0 unspecified atom stereocenters. The van der Waals surface area contributed by atoms with E-state index in [4.69, 9.17) is 28.9 Å². The minimum absolute atomic E-state index is 0. The summed E-state index contributed by atoms with van der Waals surface area (Å²) in [5, 5.41) is 3.23. The van der Waals surface area contributed by atoms with Gasteiger partial charge in [-0.05, 0) is 35.2 Å². The number of hydrogen-bond acceptors (Lipinski definition) is 2. The maximum absolute atomic E-state index is 6.09. The van der Waals surface area contributed by atoms with Crippen molar-refractivity contribution in [1.29, 1.82) is 0 Å². The highest BCUT2D eigenvalue weighted by Gasteiger charge is 2.10. The lowest BCUT2D eigenvalue weighted by atomic mass is 10.1. The monoisotopic (exact) mass is 293 g/mol. The van der Waals surface area contributed by atoms with E-state index >= 15 is 0 Å². The molecule has 2 aromatic rings. The van der Waals surface area contributed by atoms with E-state index in [0.717, 1.165) is 10.4 Å². The maximum Gasteiger partial charge on any atom is 0.0647 e. The van der Waals surface area contributed by atoms with Crippen molar-refractivity contribution in [2.24, 2.45) is 5.73 Å². The Labute approximate surface area is 115 Å². The Bertz CT molecular complexity index is 436. The van der Waals surface area contributed by atoms with E-state index in [-0.39, 0.29) is 18.4 Å². The van der Waals surface area contributed by atoms with Gasteiger partial charge in [0.2, 0.25) is 0 Å². The van der Waals surface area contributed by atoms with E-state index in [1.54, 1.807) is 17.4 Å². The second kappa shape index (κ2) is 5.89. The van der Waals surface area contributed by atoms with E-state index in [1.165, 1.54) is 0 Å². The molecule has 0 spiro atoms. The number of rotatable bonds is 2. The van der Waals surface area contributed by atoms with E-state index in [0.29, 0.717) is 10.0 Å². The molecule has 86 valence electrons. The van der Waals surface area contributed by atoms with Crippen LogP contribution in [-0.2, 0) is 0 Å². The van der Waals surface area contributed by atoms with Crippen LogP contribution in [0, 0.1) is 0 Å². The molecule has 1 nitrogen and oxygen atoms in total. The van der Waals surface area contributed by atoms with Crippen LogP contribution in [0.25, 0.3) is 0 Å². The summed E-state index contributed by atoms with van der Waals surface area (Å²) in [6, 6.07) is 9.22. The molecule has 1 heterocycles. The molecule has 0 saturated heterocycles. The molecule has 0 aliphatic rings. The summed E-state index contributed by atoms with van der Waals surface area (Å²) in [7, 11) is 0. The van der Waals surface area contributed by atoms with Crippen LogP contribution in [0.3, 0.4) is 0 Å². The van der Waals surface area contributed by atoms with Crippen molar-refractivity contribution in [3.63, 3.8) is 0 Å². The fraction of sp³-hybridized carbons (Fsp3) is 0.0909. The molecule has 0 saturated carbocycles. The fourth-order valence-corrected chi connectivity index (χ4v) is 2.68. The standard InChI is InChI=1S/C11H9Cl2NS.ClH/c12-8-4-7(5-9(13)6-8)11(14)10-2-1-3-15-10;/h1-6,11H,14H2;1H/t11-;/m0./s1. The topological polar surface area (TPSA) is 26.0 Å². The Morgan fingerprint density at radius 3 is 2.25 bits per heavy atom. The summed E-state index contributed by atoms with van der Waals surface area (Å²) in [5.41, 5.74) is 7.03. The molecule has 0 amide bonds. The van der Waals surface area contributed by atoms with E-state index in [1.807, 2.05) is 29.6 Å². The summed E-state index contributed by atoms with van der Waals surface area (Å²) >= 11 is 13.5. The third kappa shape index (κ3) is 3.12. The Balaban J connectivity index is 0.00000128. The van der Waals surface area contributed by atoms with Crippen molar-refractivity contribution in [2.75, 3.05) is 0 Å². The third-order valence-electron chi connectivity index (χ3n) is 2.09. The highest BCUT2D eigenvalue weighted by Crippen LogP contribution is 2.28. The van der Waals surface area contributed by atoms with Gasteiger partial charge in [-0.2, -0.15) is 0 Å². The van der Waals surface area contributed by atoms with Crippen molar-refractivity contribution in [2.45, 2.75) is 6.04 Å². The summed E-state index contributed by atoms with van der Waals surface area (Å²) in [4.78, 5) is 1.10. The largest absolute Gasteiger partial charge is 0.320 e. The Kier molecular flexibility index (Phi) is 5.09. The summed E-state index contributed by atoms with van der Waals surface area (Å²) in [5.74, 6) is 0. The van der Waals surface area contributed by atoms with E-state index < -0.39 is 0 Å². The van der Waals surface area contributed by atoms with Gasteiger partial charge >= 0.3 is 0 Å². The smallest absolute Gasteiger partial charge is 0.0647 e. The lowest BCUT2D eigenvalue weighted by Crippen LogP contribution is -2.09. The van der Waals surface area contributed by atoms with Gasteiger partial charge in [-0.1, -0.05) is 29.3 Å². The second-order valence-corrected chi connectivity index (χ2v) is 5.05. The summed E-state index contributed by atoms with van der Waals surface area (Å²) < 4.78 is 0. The average Bonchev–Trinajstić information content (AvgIpc) is 2.67. The van der Waals surface area contributed by atoms with Crippen LogP contribution in [0.5, 0.6) is 0 Å². The number of benzene rings is 1. The molecule has 2 rings (SSSR count). The fourth-order valence-electron chi connectivity index (χ4n) is 1.39. The minimum Gasteiger partial charge on any atom is -0.320 e. The van der Waals surface area contributed by atoms with Gasteiger partial charge in [0.25, 0.3) is 0 Å². The highest BCUT2D eigenvalue weighted by atomic mass is 35.5. The van der Waals surface area contributed by atoms with E-state index in [2.05, 4.69) is 0 Å². The zero-order chi connectivity index (χ0) is 10.8. The maximum atomic E-state index is 6.09. The number of thiophene rings is 1. The molecule has 1 aromatic carbocycles. The first-order chi connectivity index (χ1) is 7.16. The Morgan fingerprint density at radius 1 is 1.12 bits per heavy atom. The van der Waals surface area contributed by atoms with Crippen LogP contribution in [0.4, 0.5) is 0 Å². The average molecular weight is 295 g/mol. The first-order valence-electron chi connectivity index (χ1n) is 4.42. The molecule has 0 aliphatic heterocycles. The lowest BCUT2D eigenvalue weighted by Gasteiger charge is -2.10. The predicted molar refractivity (Wildman–Crippen MR) is 74.1 cm³/mol. The Hall–Kier alpha value is -0.250. The van der Waals surface area contributed by atoms with Gasteiger partial charge in [-0.3, -0.25) is 0 Å². The molecule has 0 fully saturated rings. The molecule has 2 N–H and O–H groups in total. The van der Waals surface area contributed by atoms with Crippen LogP contribution in [0.15, 0.2) is 35.7 Å². The zero-order valence-electron chi connectivity index (χ0n) is 8.19. The van der Waals surface area contributed by atoms with Crippen molar-refractivity contribution >= 4 is 46.9 Å². The van der Waals surface area contributed by atoms with Crippen molar-refractivity contribution in [1.82, 2.24) is 0 Å². The zero-order valence-corrected chi connectivity index (χ0v) is 11.3. The van der Waals surface area contributed by atoms with Crippen LogP contribution < -0.4 is 5.73 Å². The molecule has 16 heavy (non-hydrogen) atoms. The molecular formula is C11H10Cl3NS. The van der Waals surface area contributed by atoms with Gasteiger partial charge in [0.05, 0.1) is 6.04 Å². The summed E-state index contributed by atoms with van der Waals surface area (Å²) in [6.45, 7) is 0. The van der Waals surface area contributed by atoms with Crippen molar-refractivity contribution in [3.05, 3.63) is 56.2 Å². The quantitative estimate of drug-likeness (QED) is 0.865. The molecular weight excluding hydrogens is 285 g/mol. The van der Waals surface area contributed by atoms with Crippen LogP contribution in [0.2, 0.25) is 10.0 Å².